The number of benzene rings is 1. The monoisotopic (exact) mass is 309 g/mol. The molecule has 0 unspecified atom stereocenters. The Balaban J connectivity index is 1.95. The van der Waals surface area contributed by atoms with E-state index in [-0.39, 0.29) is 5.91 Å². The van der Waals surface area contributed by atoms with Crippen LogP contribution in [0.2, 0.25) is 0 Å². The molecule has 1 aromatic heterocycles. The molecular weight excluding hydrogens is 298 g/mol. The van der Waals surface area contributed by atoms with Gasteiger partial charge >= 0.3 is 0 Å². The lowest BCUT2D eigenvalue weighted by Gasteiger charge is -2.05. The normalized spacial score (nSPS) is 10.1. The van der Waals surface area contributed by atoms with E-state index in [9.17, 15) is 4.79 Å². The van der Waals surface area contributed by atoms with Crippen LogP contribution in [0.3, 0.4) is 0 Å². The summed E-state index contributed by atoms with van der Waals surface area (Å²) in [5.74, 6) is 0.594. The summed E-state index contributed by atoms with van der Waals surface area (Å²) in [5, 5.41) is 9.20. The highest BCUT2D eigenvalue weighted by Crippen LogP contribution is 2.13. The first-order valence-electron chi connectivity index (χ1n) is 5.30. The van der Waals surface area contributed by atoms with Crippen molar-refractivity contribution in [3.8, 4) is 5.75 Å². The Labute approximate surface area is 113 Å². The summed E-state index contributed by atoms with van der Waals surface area (Å²) in [5.41, 5.74) is 1.42. The molecule has 5 nitrogen and oxygen atoms in total. The summed E-state index contributed by atoms with van der Waals surface area (Å²) < 4.78 is 5.71. The number of ether oxygens (including phenoxy) is 1. The molecule has 2 rings (SSSR count). The second kappa shape index (κ2) is 5.68. The zero-order valence-electron chi connectivity index (χ0n) is 9.74. The Morgan fingerprint density at radius 1 is 1.44 bits per heavy atom. The van der Waals surface area contributed by atoms with E-state index in [4.69, 9.17) is 4.74 Å². The molecule has 18 heavy (non-hydrogen) atoms. The molecule has 94 valence electrons. The smallest absolute Gasteiger partial charge is 0.270 e. The summed E-state index contributed by atoms with van der Waals surface area (Å²) >= 11 is 3.24. The number of nitrogens with zero attached hydrogens (tertiary/aromatic N) is 1. The fraction of sp³-hybridized carbons (Fsp3) is 0.167. The van der Waals surface area contributed by atoms with E-state index in [1.165, 1.54) is 0 Å². The zero-order valence-corrected chi connectivity index (χ0v) is 11.3. The molecular formula is C12H12BrN3O2. The van der Waals surface area contributed by atoms with Crippen molar-refractivity contribution in [2.24, 2.45) is 0 Å². The number of methoxy groups -OCH3 is 1. The van der Waals surface area contributed by atoms with Gasteiger partial charge in [-0.05, 0) is 33.6 Å². The number of rotatable bonds is 4. The number of nitrogens with one attached hydrogen (secondary N) is 2. The van der Waals surface area contributed by atoms with Crippen molar-refractivity contribution in [2.75, 3.05) is 7.11 Å². The molecule has 0 aliphatic rings. The fourth-order valence-corrected chi connectivity index (χ4v) is 1.82. The third-order valence-electron chi connectivity index (χ3n) is 2.43. The predicted octanol–water partition coefficient (Wildman–Crippen LogP) is 2.11. The highest BCUT2D eigenvalue weighted by molar-refractivity contribution is 9.10. The van der Waals surface area contributed by atoms with Gasteiger partial charge in [0.25, 0.3) is 5.91 Å². The summed E-state index contributed by atoms with van der Waals surface area (Å²) in [6, 6.07) is 7.52. The van der Waals surface area contributed by atoms with Crippen LogP contribution < -0.4 is 10.1 Å². The van der Waals surface area contributed by atoms with Crippen molar-refractivity contribution in [3.05, 3.63) is 46.2 Å². The Morgan fingerprint density at radius 2 is 2.17 bits per heavy atom. The van der Waals surface area contributed by atoms with Crippen LogP contribution in [0.25, 0.3) is 0 Å². The van der Waals surface area contributed by atoms with E-state index >= 15 is 0 Å². The molecule has 0 saturated carbocycles. The van der Waals surface area contributed by atoms with Crippen LogP contribution in [-0.4, -0.2) is 23.2 Å². The number of halogens is 1. The third-order valence-corrected chi connectivity index (χ3v) is 3.03. The van der Waals surface area contributed by atoms with E-state index in [0.29, 0.717) is 16.7 Å². The SMILES string of the molecule is COc1ccc(CNC(=O)c2[nH]ncc2Br)cc1. The summed E-state index contributed by atoms with van der Waals surface area (Å²) in [7, 11) is 1.62. The molecule has 1 amide bonds. The second-order valence-corrected chi connectivity index (χ2v) is 4.48. The van der Waals surface area contributed by atoms with Gasteiger partial charge in [-0.25, -0.2) is 0 Å². The Bertz CT molecular complexity index is 537. The van der Waals surface area contributed by atoms with E-state index in [1.807, 2.05) is 24.3 Å². The van der Waals surface area contributed by atoms with Crippen molar-refractivity contribution in [1.82, 2.24) is 15.5 Å². The molecule has 2 aromatic rings. The number of amides is 1. The van der Waals surface area contributed by atoms with Crippen LogP contribution >= 0.6 is 15.9 Å². The van der Waals surface area contributed by atoms with Crippen molar-refractivity contribution >= 4 is 21.8 Å². The van der Waals surface area contributed by atoms with E-state index in [0.717, 1.165) is 11.3 Å². The summed E-state index contributed by atoms with van der Waals surface area (Å²) in [6.45, 7) is 0.453. The van der Waals surface area contributed by atoms with Crippen LogP contribution in [0.1, 0.15) is 16.1 Å². The van der Waals surface area contributed by atoms with Gasteiger partial charge in [0.05, 0.1) is 17.8 Å². The quantitative estimate of drug-likeness (QED) is 0.909. The molecule has 1 heterocycles. The molecule has 1 aromatic carbocycles. The lowest BCUT2D eigenvalue weighted by Crippen LogP contribution is -2.23. The van der Waals surface area contributed by atoms with Crippen LogP contribution in [0.15, 0.2) is 34.9 Å². The molecule has 2 N–H and O–H groups in total. The van der Waals surface area contributed by atoms with Crippen molar-refractivity contribution in [3.63, 3.8) is 0 Å². The van der Waals surface area contributed by atoms with Gasteiger partial charge in [-0.1, -0.05) is 12.1 Å². The van der Waals surface area contributed by atoms with Gasteiger partial charge in [-0.2, -0.15) is 5.10 Å². The minimum Gasteiger partial charge on any atom is -0.497 e. The molecule has 0 aliphatic carbocycles. The van der Waals surface area contributed by atoms with Gasteiger partial charge in [-0.15, -0.1) is 0 Å². The average Bonchev–Trinajstić information content (AvgIpc) is 2.83. The second-order valence-electron chi connectivity index (χ2n) is 3.62. The third kappa shape index (κ3) is 2.89. The zero-order chi connectivity index (χ0) is 13.0. The summed E-state index contributed by atoms with van der Waals surface area (Å²) in [6.07, 6.45) is 1.54. The number of carbonyl (C=O) groups is 1. The van der Waals surface area contributed by atoms with Crippen LogP contribution in [0.5, 0.6) is 5.75 Å². The first-order chi connectivity index (χ1) is 8.70. The lowest BCUT2D eigenvalue weighted by atomic mass is 10.2. The molecule has 0 atom stereocenters. The van der Waals surface area contributed by atoms with E-state index in [2.05, 4.69) is 31.4 Å². The lowest BCUT2D eigenvalue weighted by molar-refractivity contribution is 0.0945. The van der Waals surface area contributed by atoms with Gasteiger partial charge in [0, 0.05) is 6.54 Å². The van der Waals surface area contributed by atoms with Crippen molar-refractivity contribution in [2.45, 2.75) is 6.54 Å². The first kappa shape index (κ1) is 12.6. The van der Waals surface area contributed by atoms with Gasteiger partial charge < -0.3 is 10.1 Å². The standard InChI is InChI=1S/C12H12BrN3O2/c1-18-9-4-2-8(3-5-9)6-14-12(17)11-10(13)7-15-16-11/h2-5,7H,6H2,1H3,(H,14,17)(H,15,16). The number of aromatic amines is 1. The molecule has 0 saturated heterocycles. The Hall–Kier alpha value is -1.82. The number of H-pyrrole nitrogens is 1. The van der Waals surface area contributed by atoms with E-state index in [1.54, 1.807) is 13.3 Å². The van der Waals surface area contributed by atoms with Gasteiger partial charge in [0.1, 0.15) is 11.4 Å². The molecule has 0 spiro atoms. The molecule has 6 heteroatoms. The first-order valence-corrected chi connectivity index (χ1v) is 6.10. The minimum absolute atomic E-state index is 0.199. The maximum Gasteiger partial charge on any atom is 0.270 e. The highest BCUT2D eigenvalue weighted by atomic mass is 79.9. The predicted molar refractivity (Wildman–Crippen MR) is 70.5 cm³/mol. The van der Waals surface area contributed by atoms with Crippen molar-refractivity contribution in [1.29, 1.82) is 0 Å². The number of carbonyl (C=O) groups excluding carboxylic acids is 1. The van der Waals surface area contributed by atoms with Gasteiger partial charge in [0.15, 0.2) is 0 Å². The van der Waals surface area contributed by atoms with E-state index < -0.39 is 0 Å². The average molecular weight is 310 g/mol. The minimum atomic E-state index is -0.199. The van der Waals surface area contributed by atoms with Crippen molar-refractivity contribution < 1.29 is 9.53 Å². The van der Waals surface area contributed by atoms with Crippen LogP contribution in [0, 0.1) is 0 Å². The maximum absolute atomic E-state index is 11.8. The molecule has 0 bridgehead atoms. The van der Waals surface area contributed by atoms with Crippen LogP contribution in [-0.2, 0) is 6.54 Å². The number of aromatic nitrogens is 2. The van der Waals surface area contributed by atoms with Gasteiger partial charge in [-0.3, -0.25) is 9.89 Å². The highest BCUT2D eigenvalue weighted by Gasteiger charge is 2.11. The molecule has 0 aliphatic heterocycles. The van der Waals surface area contributed by atoms with Crippen LogP contribution in [0.4, 0.5) is 0 Å². The topological polar surface area (TPSA) is 67.0 Å². The number of hydrogen-bond acceptors (Lipinski definition) is 3. The van der Waals surface area contributed by atoms with Gasteiger partial charge in [0.2, 0.25) is 0 Å². The Morgan fingerprint density at radius 3 is 2.72 bits per heavy atom. The molecule has 0 fully saturated rings. The largest absolute Gasteiger partial charge is 0.497 e. The fourth-order valence-electron chi connectivity index (χ4n) is 1.44. The maximum atomic E-state index is 11.8. The molecule has 0 radical (unpaired) electrons. The summed E-state index contributed by atoms with van der Waals surface area (Å²) in [4.78, 5) is 11.8. The Kier molecular flexibility index (Phi) is 3.99. The number of hydrogen-bond donors (Lipinski definition) is 2.